The van der Waals surface area contributed by atoms with Crippen molar-refractivity contribution in [2.45, 2.75) is 19.6 Å². The number of methoxy groups -OCH3 is 1. The van der Waals surface area contributed by atoms with Gasteiger partial charge < -0.3 is 14.2 Å². The van der Waals surface area contributed by atoms with E-state index in [4.69, 9.17) is 14.2 Å². The zero-order valence-corrected chi connectivity index (χ0v) is 9.81. The fourth-order valence-electron chi connectivity index (χ4n) is 1.66. The van der Waals surface area contributed by atoms with Gasteiger partial charge in [0, 0.05) is 5.92 Å². The first-order valence-corrected chi connectivity index (χ1v) is 5.62. The second-order valence-electron chi connectivity index (χ2n) is 4.16. The van der Waals surface area contributed by atoms with Crippen molar-refractivity contribution in [3.05, 3.63) is 29.8 Å². The van der Waals surface area contributed by atoms with Crippen LogP contribution in [0.2, 0.25) is 0 Å². The third-order valence-corrected chi connectivity index (χ3v) is 3.00. The van der Waals surface area contributed by atoms with Crippen molar-refractivity contribution in [3.8, 4) is 5.75 Å². The van der Waals surface area contributed by atoms with Crippen LogP contribution in [0.4, 0.5) is 0 Å². The summed E-state index contributed by atoms with van der Waals surface area (Å²) < 4.78 is 16.0. The normalized spacial score (nSPS) is 23.9. The fourth-order valence-corrected chi connectivity index (χ4v) is 1.66. The van der Waals surface area contributed by atoms with Crippen LogP contribution in [0.5, 0.6) is 5.75 Å². The van der Waals surface area contributed by atoms with Crippen LogP contribution in [-0.2, 0) is 16.1 Å². The maximum absolute atomic E-state index is 5.65. The Bertz CT molecular complexity index is 320. The third-order valence-electron chi connectivity index (χ3n) is 3.00. The van der Waals surface area contributed by atoms with Crippen molar-refractivity contribution >= 4 is 0 Å². The van der Waals surface area contributed by atoms with Crippen molar-refractivity contribution < 1.29 is 14.2 Å². The summed E-state index contributed by atoms with van der Waals surface area (Å²) in [6, 6.07) is 7.96. The van der Waals surface area contributed by atoms with Crippen molar-refractivity contribution in [1.29, 1.82) is 0 Å². The van der Waals surface area contributed by atoms with Crippen LogP contribution in [0.15, 0.2) is 24.3 Å². The van der Waals surface area contributed by atoms with E-state index in [1.807, 2.05) is 24.3 Å². The highest BCUT2D eigenvalue weighted by atomic mass is 16.5. The molecule has 0 N–H and O–H groups in total. The van der Waals surface area contributed by atoms with Gasteiger partial charge in [0.05, 0.1) is 33.0 Å². The Morgan fingerprint density at radius 2 is 2.06 bits per heavy atom. The van der Waals surface area contributed by atoms with Crippen LogP contribution in [0, 0.1) is 5.92 Å². The minimum absolute atomic E-state index is 0.357. The molecule has 88 valence electrons. The number of benzene rings is 1. The van der Waals surface area contributed by atoms with E-state index >= 15 is 0 Å². The van der Waals surface area contributed by atoms with Crippen LogP contribution in [-0.4, -0.2) is 26.4 Å². The van der Waals surface area contributed by atoms with Crippen LogP contribution < -0.4 is 4.74 Å². The highest BCUT2D eigenvalue weighted by Gasteiger charge is 2.27. The van der Waals surface area contributed by atoms with Gasteiger partial charge in [-0.05, 0) is 24.6 Å². The van der Waals surface area contributed by atoms with Gasteiger partial charge in [0.1, 0.15) is 5.75 Å². The van der Waals surface area contributed by atoms with Crippen molar-refractivity contribution in [2.75, 3.05) is 20.3 Å². The van der Waals surface area contributed by atoms with Crippen LogP contribution in [0.25, 0.3) is 0 Å². The fraction of sp³-hybridized carbons (Fsp3) is 0.538. The van der Waals surface area contributed by atoms with Gasteiger partial charge in [-0.1, -0.05) is 12.1 Å². The highest BCUT2D eigenvalue weighted by Crippen LogP contribution is 2.20. The molecule has 1 aromatic carbocycles. The molecule has 2 atom stereocenters. The molecule has 3 heteroatoms. The molecule has 1 aliphatic heterocycles. The third kappa shape index (κ3) is 2.74. The molecule has 16 heavy (non-hydrogen) atoms. The van der Waals surface area contributed by atoms with E-state index < -0.39 is 0 Å². The molecule has 0 spiro atoms. The van der Waals surface area contributed by atoms with E-state index in [-0.39, 0.29) is 0 Å². The summed E-state index contributed by atoms with van der Waals surface area (Å²) >= 11 is 0. The summed E-state index contributed by atoms with van der Waals surface area (Å²) in [5.41, 5.74) is 1.17. The first kappa shape index (κ1) is 11.4. The molecule has 0 radical (unpaired) electrons. The smallest absolute Gasteiger partial charge is 0.118 e. The molecule has 1 saturated heterocycles. The molecule has 0 aromatic heterocycles. The van der Waals surface area contributed by atoms with Gasteiger partial charge in [-0.3, -0.25) is 0 Å². The van der Waals surface area contributed by atoms with E-state index in [0.717, 1.165) is 19.0 Å². The minimum atomic E-state index is 0.357. The van der Waals surface area contributed by atoms with E-state index in [1.54, 1.807) is 7.11 Å². The number of ether oxygens (including phenoxy) is 3. The Kier molecular flexibility index (Phi) is 3.80. The number of rotatable bonds is 5. The van der Waals surface area contributed by atoms with Gasteiger partial charge in [-0.2, -0.15) is 0 Å². The second-order valence-corrected chi connectivity index (χ2v) is 4.16. The Morgan fingerprint density at radius 1 is 1.31 bits per heavy atom. The monoisotopic (exact) mass is 222 g/mol. The van der Waals surface area contributed by atoms with Crippen molar-refractivity contribution in [2.24, 2.45) is 5.92 Å². The lowest BCUT2D eigenvalue weighted by Gasteiger charge is -2.33. The van der Waals surface area contributed by atoms with Gasteiger partial charge in [-0.25, -0.2) is 0 Å². The average Bonchev–Trinajstić information content (AvgIpc) is 2.33. The maximum Gasteiger partial charge on any atom is 0.118 e. The van der Waals surface area contributed by atoms with Crippen LogP contribution >= 0.6 is 0 Å². The highest BCUT2D eigenvalue weighted by molar-refractivity contribution is 5.26. The average molecular weight is 222 g/mol. The zero-order chi connectivity index (χ0) is 11.4. The van der Waals surface area contributed by atoms with E-state index in [9.17, 15) is 0 Å². The van der Waals surface area contributed by atoms with Crippen LogP contribution in [0.1, 0.15) is 12.5 Å². The van der Waals surface area contributed by atoms with Crippen molar-refractivity contribution in [3.63, 3.8) is 0 Å². The largest absolute Gasteiger partial charge is 0.497 e. The van der Waals surface area contributed by atoms with Gasteiger partial charge >= 0.3 is 0 Å². The van der Waals surface area contributed by atoms with Gasteiger partial charge in [0.15, 0.2) is 0 Å². The molecule has 3 nitrogen and oxygen atoms in total. The molecule has 0 amide bonds. The summed E-state index contributed by atoms with van der Waals surface area (Å²) in [6.07, 6.45) is 0.357. The molecular weight excluding hydrogens is 204 g/mol. The molecule has 2 rings (SSSR count). The molecule has 0 bridgehead atoms. The predicted molar refractivity (Wildman–Crippen MR) is 61.6 cm³/mol. The molecule has 1 aliphatic rings. The molecule has 0 saturated carbocycles. The summed E-state index contributed by atoms with van der Waals surface area (Å²) in [4.78, 5) is 0. The van der Waals surface area contributed by atoms with Crippen molar-refractivity contribution in [1.82, 2.24) is 0 Å². The standard InChI is InChI=1S/C13H18O3/c1-10-12(9-16-10)8-15-7-11-3-5-13(14-2)6-4-11/h3-6,10,12H,7-9H2,1-2H3. The lowest BCUT2D eigenvalue weighted by Crippen LogP contribution is -2.40. The SMILES string of the molecule is COc1ccc(COCC2COC2C)cc1. The van der Waals surface area contributed by atoms with E-state index in [1.165, 1.54) is 5.56 Å². The topological polar surface area (TPSA) is 27.7 Å². The summed E-state index contributed by atoms with van der Waals surface area (Å²) in [7, 11) is 1.67. The lowest BCUT2D eigenvalue weighted by atomic mass is 10.0. The number of hydrogen-bond donors (Lipinski definition) is 0. The Hall–Kier alpha value is -1.06. The summed E-state index contributed by atoms with van der Waals surface area (Å²) in [5.74, 6) is 1.45. The predicted octanol–water partition coefficient (Wildman–Crippen LogP) is 2.25. The van der Waals surface area contributed by atoms with E-state index in [0.29, 0.717) is 18.6 Å². The van der Waals surface area contributed by atoms with Gasteiger partial charge in [-0.15, -0.1) is 0 Å². The first-order chi connectivity index (χ1) is 7.79. The molecule has 1 heterocycles. The lowest BCUT2D eigenvalue weighted by molar-refractivity contribution is -0.132. The van der Waals surface area contributed by atoms with Crippen LogP contribution in [0.3, 0.4) is 0 Å². The molecule has 1 fully saturated rings. The Balaban J connectivity index is 1.72. The zero-order valence-electron chi connectivity index (χ0n) is 9.81. The Labute approximate surface area is 96.3 Å². The number of hydrogen-bond acceptors (Lipinski definition) is 3. The first-order valence-electron chi connectivity index (χ1n) is 5.62. The summed E-state index contributed by atoms with van der Waals surface area (Å²) in [6.45, 7) is 4.37. The maximum atomic E-state index is 5.65. The second kappa shape index (κ2) is 5.32. The quantitative estimate of drug-likeness (QED) is 0.764. The molecule has 1 aromatic rings. The van der Waals surface area contributed by atoms with Gasteiger partial charge in [0.2, 0.25) is 0 Å². The minimum Gasteiger partial charge on any atom is -0.497 e. The summed E-state index contributed by atoms with van der Waals surface area (Å²) in [5, 5.41) is 0. The molecule has 0 aliphatic carbocycles. The molecular formula is C13H18O3. The van der Waals surface area contributed by atoms with Gasteiger partial charge in [0.25, 0.3) is 0 Å². The van der Waals surface area contributed by atoms with E-state index in [2.05, 4.69) is 6.92 Å². The molecule has 2 unspecified atom stereocenters. The Morgan fingerprint density at radius 3 is 2.56 bits per heavy atom.